The molecule has 1 aromatic rings. The molecule has 3 heteroatoms. The first kappa shape index (κ1) is 18.0. The molecule has 0 aromatic heterocycles. The Labute approximate surface area is 141 Å². The number of nitrogens with zero attached hydrogens (tertiary/aromatic N) is 2. The highest BCUT2D eigenvalue weighted by Gasteiger charge is 2.20. The van der Waals surface area contributed by atoms with E-state index < -0.39 is 0 Å². The van der Waals surface area contributed by atoms with Gasteiger partial charge in [0.1, 0.15) is 0 Å². The van der Waals surface area contributed by atoms with Gasteiger partial charge in [-0.3, -0.25) is 9.69 Å². The maximum absolute atomic E-state index is 12.2. The first-order chi connectivity index (χ1) is 11.0. The minimum absolute atomic E-state index is 0.333. The molecule has 128 valence electrons. The lowest BCUT2D eigenvalue weighted by Gasteiger charge is -2.35. The van der Waals surface area contributed by atoms with Crippen LogP contribution >= 0.6 is 0 Å². The van der Waals surface area contributed by atoms with Crippen molar-refractivity contribution in [3.05, 3.63) is 35.4 Å². The number of carbonyl (C=O) groups excluding carboxylic acids is 1. The van der Waals surface area contributed by atoms with Gasteiger partial charge in [-0.15, -0.1) is 0 Å². The van der Waals surface area contributed by atoms with Gasteiger partial charge in [0.15, 0.2) is 0 Å². The second kappa shape index (κ2) is 8.49. The number of carbonyl (C=O) groups is 1. The fraction of sp³-hybridized carbons (Fsp3) is 0.650. The lowest BCUT2D eigenvalue weighted by Crippen LogP contribution is -2.48. The highest BCUT2D eigenvalue weighted by Crippen LogP contribution is 2.16. The molecule has 0 bridgehead atoms. The molecule has 23 heavy (non-hydrogen) atoms. The Bertz CT molecular complexity index is 485. The van der Waals surface area contributed by atoms with Crippen molar-refractivity contribution in [2.75, 3.05) is 26.2 Å². The SMILES string of the molecule is CC(C)CCC(=O)N1CCN(Cc2ccc(C(C)C)cc2)CC1. The summed E-state index contributed by atoms with van der Waals surface area (Å²) in [5, 5.41) is 0. The molecular formula is C20H32N2O. The standard InChI is InChI=1S/C20H32N2O/c1-16(2)5-10-20(23)22-13-11-21(12-14-22)15-18-6-8-19(9-7-18)17(3)4/h6-9,16-17H,5,10-15H2,1-4H3. The number of hydrogen-bond acceptors (Lipinski definition) is 2. The fourth-order valence-corrected chi connectivity index (χ4v) is 2.99. The number of rotatable bonds is 6. The van der Waals surface area contributed by atoms with Crippen LogP contribution in [0.3, 0.4) is 0 Å². The zero-order valence-corrected chi connectivity index (χ0v) is 15.2. The average molecular weight is 316 g/mol. The van der Waals surface area contributed by atoms with Crippen LogP contribution in [0.2, 0.25) is 0 Å². The van der Waals surface area contributed by atoms with Crippen molar-refractivity contribution in [1.29, 1.82) is 0 Å². The summed E-state index contributed by atoms with van der Waals surface area (Å²) in [5.41, 5.74) is 2.77. The lowest BCUT2D eigenvalue weighted by molar-refractivity contribution is -0.133. The smallest absolute Gasteiger partial charge is 0.222 e. The summed E-state index contributed by atoms with van der Waals surface area (Å²) in [4.78, 5) is 16.7. The highest BCUT2D eigenvalue weighted by atomic mass is 16.2. The third-order valence-electron chi connectivity index (χ3n) is 4.71. The van der Waals surface area contributed by atoms with Crippen molar-refractivity contribution in [1.82, 2.24) is 9.80 Å². The summed E-state index contributed by atoms with van der Waals surface area (Å²) < 4.78 is 0. The molecule has 2 rings (SSSR count). The quantitative estimate of drug-likeness (QED) is 0.795. The van der Waals surface area contributed by atoms with E-state index in [9.17, 15) is 4.79 Å². The number of hydrogen-bond donors (Lipinski definition) is 0. The topological polar surface area (TPSA) is 23.6 Å². The van der Waals surface area contributed by atoms with Crippen LogP contribution in [0.15, 0.2) is 24.3 Å². The predicted molar refractivity (Wildman–Crippen MR) is 96.5 cm³/mol. The molecule has 0 N–H and O–H groups in total. The van der Waals surface area contributed by atoms with Crippen molar-refractivity contribution >= 4 is 5.91 Å². The van der Waals surface area contributed by atoms with Gasteiger partial charge in [-0.2, -0.15) is 0 Å². The van der Waals surface area contributed by atoms with E-state index in [0.29, 0.717) is 24.2 Å². The normalized spacial score (nSPS) is 16.3. The van der Waals surface area contributed by atoms with E-state index in [0.717, 1.165) is 39.1 Å². The molecule has 1 aromatic carbocycles. The van der Waals surface area contributed by atoms with Crippen LogP contribution in [0.25, 0.3) is 0 Å². The molecule has 1 aliphatic rings. The molecule has 0 unspecified atom stereocenters. The van der Waals surface area contributed by atoms with Gasteiger partial charge in [0.05, 0.1) is 0 Å². The predicted octanol–water partition coefficient (Wildman–Crippen LogP) is 3.89. The summed E-state index contributed by atoms with van der Waals surface area (Å²) >= 11 is 0. The van der Waals surface area contributed by atoms with Gasteiger partial charge in [-0.1, -0.05) is 52.0 Å². The summed E-state index contributed by atoms with van der Waals surface area (Å²) in [6, 6.07) is 8.97. The van der Waals surface area contributed by atoms with Crippen molar-refractivity contribution in [3.63, 3.8) is 0 Å². The highest BCUT2D eigenvalue weighted by molar-refractivity contribution is 5.76. The summed E-state index contributed by atoms with van der Waals surface area (Å²) in [6.07, 6.45) is 1.70. The molecule has 1 heterocycles. The lowest BCUT2D eigenvalue weighted by atomic mass is 10.0. The third-order valence-corrected chi connectivity index (χ3v) is 4.71. The summed E-state index contributed by atoms with van der Waals surface area (Å²) in [5.74, 6) is 1.53. The van der Waals surface area contributed by atoms with Crippen molar-refractivity contribution in [3.8, 4) is 0 Å². The van der Waals surface area contributed by atoms with E-state index in [1.54, 1.807) is 0 Å². The van der Waals surface area contributed by atoms with Crippen LogP contribution < -0.4 is 0 Å². The van der Waals surface area contributed by atoms with Gasteiger partial charge in [-0.05, 0) is 29.4 Å². The van der Waals surface area contributed by atoms with Gasteiger partial charge in [0.25, 0.3) is 0 Å². The maximum Gasteiger partial charge on any atom is 0.222 e. The molecule has 0 spiro atoms. The fourth-order valence-electron chi connectivity index (χ4n) is 2.99. The van der Waals surface area contributed by atoms with Crippen molar-refractivity contribution in [2.24, 2.45) is 5.92 Å². The monoisotopic (exact) mass is 316 g/mol. The van der Waals surface area contributed by atoms with Crippen LogP contribution in [0.5, 0.6) is 0 Å². The van der Waals surface area contributed by atoms with E-state index >= 15 is 0 Å². The first-order valence-electron chi connectivity index (χ1n) is 9.04. The van der Waals surface area contributed by atoms with Crippen LogP contribution in [-0.2, 0) is 11.3 Å². The maximum atomic E-state index is 12.2. The Kier molecular flexibility index (Phi) is 6.64. The molecule has 0 radical (unpaired) electrons. The van der Waals surface area contributed by atoms with Crippen LogP contribution in [0, 0.1) is 5.92 Å². The largest absolute Gasteiger partial charge is 0.340 e. The molecule has 3 nitrogen and oxygen atoms in total. The van der Waals surface area contributed by atoms with E-state index in [1.165, 1.54) is 11.1 Å². The van der Waals surface area contributed by atoms with Gasteiger partial charge in [0, 0.05) is 39.1 Å². The second-order valence-electron chi connectivity index (χ2n) is 7.49. The Morgan fingerprint density at radius 1 is 1.00 bits per heavy atom. The minimum atomic E-state index is 0.333. The number of amides is 1. The first-order valence-corrected chi connectivity index (χ1v) is 9.04. The number of piperazine rings is 1. The zero-order valence-electron chi connectivity index (χ0n) is 15.2. The van der Waals surface area contributed by atoms with E-state index in [2.05, 4.69) is 56.9 Å². The summed E-state index contributed by atoms with van der Waals surface area (Å²) in [7, 11) is 0. The van der Waals surface area contributed by atoms with Gasteiger partial charge < -0.3 is 4.90 Å². The average Bonchev–Trinajstić information content (AvgIpc) is 2.54. The molecule has 1 fully saturated rings. The van der Waals surface area contributed by atoms with E-state index in [-0.39, 0.29) is 0 Å². The Hall–Kier alpha value is -1.35. The third kappa shape index (κ3) is 5.65. The Morgan fingerprint density at radius 2 is 1.61 bits per heavy atom. The van der Waals surface area contributed by atoms with Gasteiger partial charge in [-0.25, -0.2) is 0 Å². The van der Waals surface area contributed by atoms with Crippen LogP contribution in [0.1, 0.15) is 57.6 Å². The van der Waals surface area contributed by atoms with E-state index in [1.807, 2.05) is 4.90 Å². The van der Waals surface area contributed by atoms with Gasteiger partial charge in [0.2, 0.25) is 5.91 Å². The molecule has 1 aliphatic heterocycles. The molecule has 1 amide bonds. The molecular weight excluding hydrogens is 284 g/mol. The van der Waals surface area contributed by atoms with Gasteiger partial charge >= 0.3 is 0 Å². The zero-order chi connectivity index (χ0) is 16.8. The minimum Gasteiger partial charge on any atom is -0.340 e. The Balaban J connectivity index is 1.77. The second-order valence-corrected chi connectivity index (χ2v) is 7.49. The van der Waals surface area contributed by atoms with Crippen LogP contribution in [0.4, 0.5) is 0 Å². The molecule has 0 saturated carbocycles. The molecule has 0 atom stereocenters. The summed E-state index contributed by atoms with van der Waals surface area (Å²) in [6.45, 7) is 13.5. The van der Waals surface area contributed by atoms with Crippen molar-refractivity contribution < 1.29 is 4.79 Å². The number of benzene rings is 1. The molecule has 0 aliphatic carbocycles. The van der Waals surface area contributed by atoms with Crippen molar-refractivity contribution in [2.45, 2.75) is 53.0 Å². The van der Waals surface area contributed by atoms with E-state index in [4.69, 9.17) is 0 Å². The Morgan fingerprint density at radius 3 is 2.13 bits per heavy atom. The van der Waals surface area contributed by atoms with Crippen LogP contribution in [-0.4, -0.2) is 41.9 Å². The molecule has 1 saturated heterocycles.